The van der Waals surface area contributed by atoms with Crippen LogP contribution in [0.1, 0.15) is 0 Å². The van der Waals surface area contributed by atoms with Gasteiger partial charge in [0.15, 0.2) is 5.82 Å². The topological polar surface area (TPSA) is 25.8 Å². The van der Waals surface area contributed by atoms with Gasteiger partial charge < -0.3 is 0 Å². The van der Waals surface area contributed by atoms with Crippen LogP contribution in [0.3, 0.4) is 0 Å². The van der Waals surface area contributed by atoms with Gasteiger partial charge in [0.05, 0.1) is 11.4 Å². The number of nitrogens with zero attached hydrogens (tertiary/aromatic N) is 2. The average molecular weight is 711 g/mol. The predicted molar refractivity (Wildman–Crippen MR) is 234 cm³/mol. The van der Waals surface area contributed by atoms with Crippen molar-refractivity contribution in [2.24, 2.45) is 0 Å². The molecule has 0 aliphatic heterocycles. The highest BCUT2D eigenvalue weighted by molar-refractivity contribution is 6.15. The number of fused-ring (bicyclic) bond motifs is 4. The van der Waals surface area contributed by atoms with Gasteiger partial charge in [0, 0.05) is 16.7 Å². The molecule has 0 saturated heterocycles. The second-order valence-corrected chi connectivity index (χ2v) is 14.6. The zero-order chi connectivity index (χ0) is 37.0. The second kappa shape index (κ2) is 13.2. The first-order valence-corrected chi connectivity index (χ1v) is 19.1. The van der Waals surface area contributed by atoms with Crippen LogP contribution < -0.4 is 0 Å². The van der Waals surface area contributed by atoms with E-state index in [2.05, 4.69) is 194 Å². The fourth-order valence-electron chi connectivity index (χ4n) is 8.46. The highest BCUT2D eigenvalue weighted by Crippen LogP contribution is 2.48. The van der Waals surface area contributed by atoms with E-state index in [1.165, 1.54) is 71.6 Å². The Hall–Kier alpha value is -7.42. The van der Waals surface area contributed by atoms with E-state index in [-0.39, 0.29) is 0 Å². The molecule has 1 aromatic heterocycles. The molecule has 260 valence electrons. The molecule has 0 amide bonds. The van der Waals surface area contributed by atoms with Gasteiger partial charge in [0.25, 0.3) is 0 Å². The normalized spacial score (nSPS) is 11.6. The van der Waals surface area contributed by atoms with Crippen LogP contribution in [0.4, 0.5) is 0 Å². The molecule has 10 aromatic rings. The fourth-order valence-corrected chi connectivity index (χ4v) is 8.46. The maximum Gasteiger partial charge on any atom is 0.160 e. The lowest BCUT2D eigenvalue weighted by Gasteiger charge is -2.14. The third kappa shape index (κ3) is 5.51. The molecule has 0 N–H and O–H groups in total. The van der Waals surface area contributed by atoms with Crippen molar-refractivity contribution in [2.45, 2.75) is 0 Å². The quantitative estimate of drug-likeness (QED) is 0.172. The van der Waals surface area contributed by atoms with Gasteiger partial charge in [-0.15, -0.1) is 0 Å². The Morgan fingerprint density at radius 2 is 0.786 bits per heavy atom. The molecule has 0 bridgehead atoms. The molecular weight excluding hydrogens is 677 g/mol. The molecule has 0 radical (unpaired) electrons. The summed E-state index contributed by atoms with van der Waals surface area (Å²) in [6.07, 6.45) is 0. The summed E-state index contributed by atoms with van der Waals surface area (Å²) in [5.41, 5.74) is 17.4. The first-order valence-electron chi connectivity index (χ1n) is 19.1. The Balaban J connectivity index is 0.971. The number of benzene rings is 9. The molecular formula is C54H34N2. The highest BCUT2D eigenvalue weighted by Gasteiger charge is 2.21. The molecule has 56 heavy (non-hydrogen) atoms. The van der Waals surface area contributed by atoms with Crippen LogP contribution in [0.25, 0.3) is 111 Å². The van der Waals surface area contributed by atoms with Crippen LogP contribution in [0.15, 0.2) is 206 Å². The first-order chi connectivity index (χ1) is 27.7. The largest absolute Gasteiger partial charge is 0.228 e. The zero-order valence-corrected chi connectivity index (χ0v) is 30.5. The smallest absolute Gasteiger partial charge is 0.160 e. The molecule has 11 rings (SSSR count). The van der Waals surface area contributed by atoms with E-state index in [1.807, 2.05) is 12.1 Å². The molecule has 0 atom stereocenters. The van der Waals surface area contributed by atoms with Crippen molar-refractivity contribution < 1.29 is 0 Å². The van der Waals surface area contributed by atoms with Crippen molar-refractivity contribution in [3.63, 3.8) is 0 Å². The molecule has 1 aliphatic rings. The molecule has 2 heteroatoms. The third-order valence-electron chi connectivity index (χ3n) is 11.2. The zero-order valence-electron chi connectivity index (χ0n) is 30.5. The summed E-state index contributed by atoms with van der Waals surface area (Å²) in [7, 11) is 0. The summed E-state index contributed by atoms with van der Waals surface area (Å²) >= 11 is 0. The van der Waals surface area contributed by atoms with Crippen LogP contribution in [-0.4, -0.2) is 9.97 Å². The lowest BCUT2D eigenvalue weighted by Crippen LogP contribution is -1.96. The lowest BCUT2D eigenvalue weighted by molar-refractivity contribution is 1.18. The Kier molecular flexibility index (Phi) is 7.53. The van der Waals surface area contributed by atoms with Gasteiger partial charge in [0.1, 0.15) is 0 Å². The van der Waals surface area contributed by atoms with E-state index in [0.717, 1.165) is 33.6 Å². The summed E-state index contributed by atoms with van der Waals surface area (Å²) in [5, 5.41) is 5.10. The Morgan fingerprint density at radius 1 is 0.250 bits per heavy atom. The van der Waals surface area contributed by atoms with Crippen LogP contribution >= 0.6 is 0 Å². The van der Waals surface area contributed by atoms with Gasteiger partial charge in [-0.3, -0.25) is 0 Å². The molecule has 9 aromatic carbocycles. The van der Waals surface area contributed by atoms with Gasteiger partial charge in [0.2, 0.25) is 0 Å². The van der Waals surface area contributed by atoms with Crippen molar-refractivity contribution in [1.29, 1.82) is 0 Å². The number of aromatic nitrogens is 2. The number of hydrogen-bond acceptors (Lipinski definition) is 2. The molecule has 1 aliphatic carbocycles. The summed E-state index contributed by atoms with van der Waals surface area (Å²) in [6.45, 7) is 0. The van der Waals surface area contributed by atoms with E-state index in [9.17, 15) is 0 Å². The first kappa shape index (κ1) is 32.0. The second-order valence-electron chi connectivity index (χ2n) is 14.6. The Bertz CT molecular complexity index is 3050. The molecule has 0 saturated carbocycles. The predicted octanol–water partition coefficient (Wildman–Crippen LogP) is 14.4. The van der Waals surface area contributed by atoms with Gasteiger partial charge in [-0.2, -0.15) is 0 Å². The maximum absolute atomic E-state index is 5.06. The van der Waals surface area contributed by atoms with Gasteiger partial charge in [-0.1, -0.05) is 176 Å². The van der Waals surface area contributed by atoms with Crippen LogP contribution in [-0.2, 0) is 0 Å². The van der Waals surface area contributed by atoms with E-state index in [0.29, 0.717) is 5.82 Å². The summed E-state index contributed by atoms with van der Waals surface area (Å²) in [6, 6.07) is 74.1. The SMILES string of the molecule is c1ccc(-c2cc(-c3ccccc3)nc(-c3ccc(-c4cc(-c5cccc(-c6ccc7c(c6)-c6cccc8cccc-7c68)c5)c5ccccc5c4)cc3)n2)cc1. The van der Waals surface area contributed by atoms with Crippen LogP contribution in [0, 0.1) is 0 Å². The monoisotopic (exact) mass is 710 g/mol. The minimum absolute atomic E-state index is 0.708. The summed E-state index contributed by atoms with van der Waals surface area (Å²) in [5.74, 6) is 0.708. The molecule has 2 nitrogen and oxygen atoms in total. The molecule has 0 fully saturated rings. The molecule has 0 unspecified atom stereocenters. The lowest BCUT2D eigenvalue weighted by atomic mass is 9.91. The van der Waals surface area contributed by atoms with Crippen molar-refractivity contribution >= 4 is 21.5 Å². The minimum atomic E-state index is 0.708. The Labute approximate surface area is 326 Å². The van der Waals surface area contributed by atoms with E-state index < -0.39 is 0 Å². The maximum atomic E-state index is 5.06. The third-order valence-corrected chi connectivity index (χ3v) is 11.2. The summed E-state index contributed by atoms with van der Waals surface area (Å²) < 4.78 is 0. The number of rotatable bonds is 6. The van der Waals surface area contributed by atoms with E-state index in [4.69, 9.17) is 9.97 Å². The van der Waals surface area contributed by atoms with Crippen LogP contribution in [0.2, 0.25) is 0 Å². The molecule has 0 spiro atoms. The Morgan fingerprint density at radius 3 is 1.52 bits per heavy atom. The average Bonchev–Trinajstić information content (AvgIpc) is 3.60. The summed E-state index contributed by atoms with van der Waals surface area (Å²) in [4.78, 5) is 10.1. The van der Waals surface area contributed by atoms with Gasteiger partial charge >= 0.3 is 0 Å². The minimum Gasteiger partial charge on any atom is -0.228 e. The fraction of sp³-hybridized carbons (Fsp3) is 0. The van der Waals surface area contributed by atoms with Crippen molar-refractivity contribution in [1.82, 2.24) is 9.97 Å². The van der Waals surface area contributed by atoms with E-state index in [1.54, 1.807) is 0 Å². The van der Waals surface area contributed by atoms with Crippen LogP contribution in [0.5, 0.6) is 0 Å². The van der Waals surface area contributed by atoms with Crippen molar-refractivity contribution in [3.05, 3.63) is 206 Å². The standard InChI is InChI=1S/C54H34N2/c1-3-12-36(13-4-1)51-34-52(37-14-5-2-6-15-37)56-54(55-51)39-26-24-35(25-27-39)44-31-42-16-7-8-21-45(42)49(33-44)43-20-9-19-40(30-43)41-28-29-46-47-22-10-17-38-18-11-23-48(53(38)47)50(46)32-41/h1-34H. The van der Waals surface area contributed by atoms with E-state index >= 15 is 0 Å². The number of hydrogen-bond donors (Lipinski definition) is 0. The van der Waals surface area contributed by atoms with Gasteiger partial charge in [-0.25, -0.2) is 9.97 Å². The molecule has 1 heterocycles. The van der Waals surface area contributed by atoms with Crippen molar-refractivity contribution in [2.75, 3.05) is 0 Å². The van der Waals surface area contributed by atoms with Gasteiger partial charge in [-0.05, 0) is 108 Å². The van der Waals surface area contributed by atoms with Crippen molar-refractivity contribution in [3.8, 4) is 89.5 Å². The highest BCUT2D eigenvalue weighted by atomic mass is 14.9.